The van der Waals surface area contributed by atoms with Gasteiger partial charge in [-0.15, -0.1) is 0 Å². The third kappa shape index (κ3) is 5.41. The molecule has 222 valence electrons. The Morgan fingerprint density at radius 3 is 2.69 bits per heavy atom. The first kappa shape index (κ1) is 29.7. The fourth-order valence-corrected chi connectivity index (χ4v) is 6.03. The molecular weight excluding hydrogens is 557 g/mol. The quantitative estimate of drug-likeness (QED) is 0.205. The molecule has 1 aliphatic rings. The number of piperazine rings is 1. The molecule has 2 atom stereocenters. The van der Waals surface area contributed by atoms with Gasteiger partial charge >= 0.3 is 6.01 Å². The first-order chi connectivity index (χ1) is 20.0. The van der Waals surface area contributed by atoms with Crippen LogP contribution in [0.4, 0.5) is 10.2 Å². The number of carbonyl (C=O) groups excluding carboxylic acids is 1. The van der Waals surface area contributed by atoms with E-state index in [9.17, 15) is 4.79 Å². The van der Waals surface area contributed by atoms with Gasteiger partial charge in [0.2, 0.25) is 5.91 Å². The summed E-state index contributed by atoms with van der Waals surface area (Å²) in [7, 11) is 5.82. The summed E-state index contributed by atoms with van der Waals surface area (Å²) in [4.78, 5) is 27.8. The molecule has 5 rings (SSSR count). The highest BCUT2D eigenvalue weighted by molar-refractivity contribution is 6.35. The molecule has 0 saturated carbocycles. The van der Waals surface area contributed by atoms with Gasteiger partial charge < -0.3 is 19.4 Å². The molecule has 4 aromatic rings. The van der Waals surface area contributed by atoms with E-state index in [0.717, 1.165) is 29.4 Å². The summed E-state index contributed by atoms with van der Waals surface area (Å²) in [6, 6.07) is 5.52. The van der Waals surface area contributed by atoms with Gasteiger partial charge in [0.1, 0.15) is 11.3 Å². The van der Waals surface area contributed by atoms with Crippen molar-refractivity contribution in [3.05, 3.63) is 53.5 Å². The molecule has 42 heavy (non-hydrogen) atoms. The van der Waals surface area contributed by atoms with Crippen molar-refractivity contribution in [3.63, 3.8) is 0 Å². The lowest BCUT2D eigenvalue weighted by molar-refractivity contribution is -0.128. The number of halogens is 2. The molecule has 9 nitrogen and oxygen atoms in total. The lowest BCUT2D eigenvalue weighted by Crippen LogP contribution is -2.58. The molecule has 1 saturated heterocycles. The van der Waals surface area contributed by atoms with E-state index >= 15 is 4.39 Å². The van der Waals surface area contributed by atoms with Crippen LogP contribution in [0.3, 0.4) is 0 Å². The minimum atomic E-state index is -0.544. The zero-order chi connectivity index (χ0) is 30.3. The SMILES string of the molecule is C=CC(=O)N1C[C@H](C)N(c2nc(OCCCN(C)C)nc3c(F)c(-c4c(C)ccc5cnn(C)c45)c(Cl)cc23)C[C@H]1C. The Morgan fingerprint density at radius 1 is 1.21 bits per heavy atom. The van der Waals surface area contributed by atoms with Gasteiger partial charge in [-0.1, -0.05) is 30.3 Å². The summed E-state index contributed by atoms with van der Waals surface area (Å²) in [6.07, 6.45) is 3.85. The number of aromatic nitrogens is 4. The lowest BCUT2D eigenvalue weighted by Gasteiger charge is -2.44. The molecule has 0 unspecified atom stereocenters. The van der Waals surface area contributed by atoms with Crippen LogP contribution in [0.2, 0.25) is 5.02 Å². The van der Waals surface area contributed by atoms with Gasteiger partial charge in [0, 0.05) is 60.7 Å². The number of nitrogens with zero attached hydrogens (tertiary/aromatic N) is 7. The Labute approximate surface area is 250 Å². The van der Waals surface area contributed by atoms with Crippen LogP contribution in [0.5, 0.6) is 6.01 Å². The van der Waals surface area contributed by atoms with Gasteiger partial charge in [0.05, 0.1) is 23.3 Å². The van der Waals surface area contributed by atoms with E-state index in [0.29, 0.717) is 36.5 Å². The van der Waals surface area contributed by atoms with E-state index in [1.165, 1.54) is 6.08 Å². The van der Waals surface area contributed by atoms with E-state index in [2.05, 4.69) is 26.5 Å². The van der Waals surface area contributed by atoms with Crippen molar-refractivity contribution >= 4 is 45.1 Å². The Hall–Kier alpha value is -3.76. The van der Waals surface area contributed by atoms with Gasteiger partial charge in [-0.2, -0.15) is 15.1 Å². The normalized spacial score (nSPS) is 17.5. The summed E-state index contributed by atoms with van der Waals surface area (Å²) in [5.74, 6) is -0.141. The van der Waals surface area contributed by atoms with Crippen LogP contribution >= 0.6 is 11.6 Å². The second kappa shape index (κ2) is 11.9. The molecule has 0 spiro atoms. The minimum Gasteiger partial charge on any atom is -0.463 e. The van der Waals surface area contributed by atoms with E-state index in [4.69, 9.17) is 21.3 Å². The number of anilines is 1. The highest BCUT2D eigenvalue weighted by Gasteiger charge is 2.34. The van der Waals surface area contributed by atoms with E-state index < -0.39 is 5.82 Å². The molecule has 2 aromatic carbocycles. The average molecular weight is 594 g/mol. The summed E-state index contributed by atoms with van der Waals surface area (Å²) in [5, 5.41) is 6.01. The summed E-state index contributed by atoms with van der Waals surface area (Å²) in [5.41, 5.74) is 2.72. The molecule has 1 aliphatic heterocycles. The Balaban J connectivity index is 1.68. The van der Waals surface area contributed by atoms with Crippen LogP contribution in [-0.2, 0) is 11.8 Å². The highest BCUT2D eigenvalue weighted by Crippen LogP contribution is 2.43. The van der Waals surface area contributed by atoms with Gasteiger partial charge in [-0.05, 0) is 59.0 Å². The standard InChI is InChI=1S/C31H37ClFN7O2/c1-8-24(41)39-16-20(4)40(17-19(39)3)30-22-14-23(32)26(25-18(2)10-11-21-15-34-38(7)29(21)25)27(33)28(22)35-31(36-30)42-13-9-12-37(5)6/h8,10-11,14-15,19-20H,1,9,12-13,16-17H2,2-7H3/t19-,20+/m1/s1. The van der Waals surface area contributed by atoms with Crippen LogP contribution in [0.15, 0.2) is 37.1 Å². The van der Waals surface area contributed by atoms with Crippen molar-refractivity contribution in [1.29, 1.82) is 0 Å². The number of hydrogen-bond donors (Lipinski definition) is 0. The smallest absolute Gasteiger partial charge is 0.319 e. The predicted octanol–water partition coefficient (Wildman–Crippen LogP) is 5.23. The molecule has 1 fully saturated rings. The number of carbonyl (C=O) groups is 1. The molecule has 0 bridgehead atoms. The largest absolute Gasteiger partial charge is 0.463 e. The molecule has 1 amide bonds. The summed E-state index contributed by atoms with van der Waals surface area (Å²) in [6.45, 7) is 11.7. The number of amides is 1. The molecular formula is C31H37ClFN7O2. The van der Waals surface area contributed by atoms with Gasteiger partial charge in [0.25, 0.3) is 0 Å². The second-order valence-corrected chi connectivity index (χ2v) is 11.7. The Kier molecular flexibility index (Phi) is 8.39. The zero-order valence-electron chi connectivity index (χ0n) is 25.0. The number of fused-ring (bicyclic) bond motifs is 2. The third-order valence-corrected chi connectivity index (χ3v) is 8.20. The van der Waals surface area contributed by atoms with Crippen molar-refractivity contribution in [3.8, 4) is 17.1 Å². The van der Waals surface area contributed by atoms with Crippen LogP contribution in [0.1, 0.15) is 25.8 Å². The van der Waals surface area contributed by atoms with Crippen molar-refractivity contribution in [2.24, 2.45) is 7.05 Å². The number of hydrogen-bond acceptors (Lipinski definition) is 7. The van der Waals surface area contributed by atoms with Gasteiger partial charge in [0.15, 0.2) is 5.82 Å². The van der Waals surface area contributed by atoms with Crippen LogP contribution in [0, 0.1) is 12.7 Å². The number of rotatable bonds is 8. The van der Waals surface area contributed by atoms with Crippen molar-refractivity contribution in [1.82, 2.24) is 29.5 Å². The maximum atomic E-state index is 16.8. The monoisotopic (exact) mass is 593 g/mol. The molecule has 0 N–H and O–H groups in total. The van der Waals surface area contributed by atoms with E-state index in [-0.39, 0.29) is 40.1 Å². The molecule has 2 aromatic heterocycles. The first-order valence-corrected chi connectivity index (χ1v) is 14.5. The van der Waals surface area contributed by atoms with Crippen LogP contribution < -0.4 is 9.64 Å². The van der Waals surface area contributed by atoms with Crippen LogP contribution in [-0.4, -0.2) is 87.9 Å². The maximum Gasteiger partial charge on any atom is 0.319 e. The Bertz CT molecular complexity index is 1670. The number of aryl methyl sites for hydroxylation is 2. The molecule has 0 radical (unpaired) electrons. The second-order valence-electron chi connectivity index (χ2n) is 11.3. The lowest BCUT2D eigenvalue weighted by atomic mass is 9.96. The topological polar surface area (TPSA) is 79.6 Å². The predicted molar refractivity (Wildman–Crippen MR) is 166 cm³/mol. The number of benzene rings is 2. The van der Waals surface area contributed by atoms with Crippen molar-refractivity contribution in [2.45, 2.75) is 39.3 Å². The fourth-order valence-electron chi connectivity index (χ4n) is 5.75. The Morgan fingerprint density at radius 2 is 1.98 bits per heavy atom. The van der Waals surface area contributed by atoms with Gasteiger partial charge in [-0.25, -0.2) is 4.39 Å². The van der Waals surface area contributed by atoms with Crippen molar-refractivity contribution in [2.75, 3.05) is 45.2 Å². The fraction of sp³-hybridized carbons (Fsp3) is 0.419. The summed E-state index contributed by atoms with van der Waals surface area (Å²) >= 11 is 6.92. The molecule has 11 heteroatoms. The number of ether oxygens (including phenoxy) is 1. The molecule has 3 heterocycles. The minimum absolute atomic E-state index is 0.100. The van der Waals surface area contributed by atoms with Crippen molar-refractivity contribution < 1.29 is 13.9 Å². The third-order valence-electron chi connectivity index (χ3n) is 7.90. The average Bonchev–Trinajstić information content (AvgIpc) is 3.33. The first-order valence-electron chi connectivity index (χ1n) is 14.1. The van der Waals surface area contributed by atoms with E-state index in [1.54, 1.807) is 21.8 Å². The van der Waals surface area contributed by atoms with Crippen LogP contribution in [0.25, 0.3) is 32.9 Å². The zero-order valence-corrected chi connectivity index (χ0v) is 25.7. The van der Waals surface area contributed by atoms with E-state index in [1.807, 2.05) is 54.0 Å². The maximum absolute atomic E-state index is 16.8. The highest BCUT2D eigenvalue weighted by atomic mass is 35.5. The summed E-state index contributed by atoms with van der Waals surface area (Å²) < 4.78 is 24.6. The molecule has 0 aliphatic carbocycles. The van der Waals surface area contributed by atoms with Gasteiger partial charge in [-0.3, -0.25) is 9.48 Å².